The minimum Gasteiger partial charge on any atom is -0.369 e. The number of benzene rings is 1. The van der Waals surface area contributed by atoms with Gasteiger partial charge in [-0.15, -0.1) is 0 Å². The highest BCUT2D eigenvalue weighted by Crippen LogP contribution is 2.32. The Hall–Kier alpha value is -1.20. The molecule has 0 aromatic heterocycles. The molecular formula is C15H19BrN2O2. The molecule has 5 heteroatoms. The van der Waals surface area contributed by atoms with Gasteiger partial charge in [-0.3, -0.25) is 4.79 Å². The fraction of sp³-hybridized carbons (Fsp3) is 0.467. The first-order valence-electron chi connectivity index (χ1n) is 6.68. The van der Waals surface area contributed by atoms with Crippen LogP contribution in [0.1, 0.15) is 44.0 Å². The molecule has 0 fully saturated rings. The van der Waals surface area contributed by atoms with E-state index in [2.05, 4.69) is 21.0 Å². The average molecular weight is 339 g/mol. The maximum Gasteiger partial charge on any atom is 0.276 e. The Labute approximate surface area is 127 Å². The molecule has 4 nitrogen and oxygen atoms in total. The number of aliphatic hydroxyl groups is 1. The van der Waals surface area contributed by atoms with E-state index < -0.39 is 5.72 Å². The number of carbonyl (C=O) groups excluding carboxylic acids is 1. The second-order valence-corrected chi connectivity index (χ2v) is 6.64. The molecule has 0 saturated carbocycles. The van der Waals surface area contributed by atoms with Crippen molar-refractivity contribution in [3.63, 3.8) is 0 Å². The number of rotatable bonds is 3. The summed E-state index contributed by atoms with van der Waals surface area (Å²) in [6.07, 6.45) is 0.915. The molecule has 108 valence electrons. The van der Waals surface area contributed by atoms with Crippen molar-refractivity contribution in [1.29, 1.82) is 0 Å². The van der Waals surface area contributed by atoms with Gasteiger partial charge in [0.05, 0.1) is 0 Å². The van der Waals surface area contributed by atoms with E-state index >= 15 is 0 Å². The third kappa shape index (κ3) is 3.10. The number of carbonyl (C=O) groups is 1. The summed E-state index contributed by atoms with van der Waals surface area (Å²) in [6, 6.07) is 7.12. The highest BCUT2D eigenvalue weighted by atomic mass is 79.9. The molecule has 1 heterocycles. The number of nitrogens with zero attached hydrogens (tertiary/aromatic N) is 2. The molecule has 0 saturated heterocycles. The Bertz CT molecular complexity index is 557. The van der Waals surface area contributed by atoms with Crippen LogP contribution in [0.25, 0.3) is 0 Å². The van der Waals surface area contributed by atoms with Gasteiger partial charge in [-0.1, -0.05) is 35.8 Å². The van der Waals surface area contributed by atoms with Crippen LogP contribution in [0.4, 0.5) is 0 Å². The molecule has 0 aliphatic carbocycles. The van der Waals surface area contributed by atoms with E-state index in [4.69, 9.17) is 0 Å². The average Bonchev–Trinajstić information content (AvgIpc) is 2.62. The number of hydrazone groups is 1. The molecular weight excluding hydrogens is 320 g/mol. The van der Waals surface area contributed by atoms with Crippen LogP contribution in [0.5, 0.6) is 0 Å². The molecule has 1 amide bonds. The van der Waals surface area contributed by atoms with Crippen LogP contribution in [0.2, 0.25) is 0 Å². The van der Waals surface area contributed by atoms with E-state index in [9.17, 15) is 9.90 Å². The predicted octanol–water partition coefficient (Wildman–Crippen LogP) is 3.41. The molecule has 1 N–H and O–H groups in total. The third-order valence-electron chi connectivity index (χ3n) is 3.20. The van der Waals surface area contributed by atoms with Gasteiger partial charge in [0.2, 0.25) is 0 Å². The first kappa shape index (κ1) is 15.2. The van der Waals surface area contributed by atoms with Crippen LogP contribution in [0.3, 0.4) is 0 Å². The molecule has 1 atom stereocenters. The monoisotopic (exact) mass is 338 g/mol. The number of hydrogen-bond acceptors (Lipinski definition) is 3. The van der Waals surface area contributed by atoms with Gasteiger partial charge in [0.25, 0.3) is 5.91 Å². The summed E-state index contributed by atoms with van der Waals surface area (Å²) < 4.78 is 0.829. The van der Waals surface area contributed by atoms with Gasteiger partial charge in [0.1, 0.15) is 0 Å². The quantitative estimate of drug-likeness (QED) is 0.918. The maximum absolute atomic E-state index is 12.6. The SMILES string of the molecule is CC1=NN(C(=O)c2cccc(Br)c2)C(O)(CC(C)C)C1. The van der Waals surface area contributed by atoms with Gasteiger partial charge in [-0.2, -0.15) is 10.1 Å². The Kier molecular flexibility index (Phi) is 4.30. The van der Waals surface area contributed by atoms with Crippen LogP contribution in [-0.2, 0) is 0 Å². The number of hydrogen-bond donors (Lipinski definition) is 1. The van der Waals surface area contributed by atoms with Gasteiger partial charge >= 0.3 is 0 Å². The molecule has 1 unspecified atom stereocenters. The van der Waals surface area contributed by atoms with Crippen molar-refractivity contribution >= 4 is 27.5 Å². The van der Waals surface area contributed by atoms with E-state index in [0.717, 1.165) is 10.2 Å². The van der Waals surface area contributed by atoms with Crippen molar-refractivity contribution in [2.24, 2.45) is 11.0 Å². The van der Waals surface area contributed by atoms with Crippen molar-refractivity contribution in [1.82, 2.24) is 5.01 Å². The molecule has 20 heavy (non-hydrogen) atoms. The fourth-order valence-corrected chi connectivity index (χ4v) is 2.97. The highest BCUT2D eigenvalue weighted by molar-refractivity contribution is 9.10. The van der Waals surface area contributed by atoms with Crippen molar-refractivity contribution in [2.45, 2.75) is 39.3 Å². The Morgan fingerprint density at radius 3 is 2.85 bits per heavy atom. The second-order valence-electron chi connectivity index (χ2n) is 5.72. The largest absolute Gasteiger partial charge is 0.369 e. The fourth-order valence-electron chi connectivity index (χ4n) is 2.57. The summed E-state index contributed by atoms with van der Waals surface area (Å²) in [5, 5.41) is 16.2. The molecule has 1 aromatic carbocycles. The van der Waals surface area contributed by atoms with E-state index in [1.54, 1.807) is 18.2 Å². The van der Waals surface area contributed by atoms with Crippen molar-refractivity contribution in [2.75, 3.05) is 0 Å². The minimum atomic E-state index is -1.21. The van der Waals surface area contributed by atoms with E-state index in [-0.39, 0.29) is 11.8 Å². The second kappa shape index (κ2) is 5.66. The Morgan fingerprint density at radius 1 is 1.55 bits per heavy atom. The summed E-state index contributed by atoms with van der Waals surface area (Å²) in [4.78, 5) is 12.6. The number of halogens is 1. The molecule has 1 aliphatic heterocycles. The van der Waals surface area contributed by atoms with E-state index in [0.29, 0.717) is 18.4 Å². The topological polar surface area (TPSA) is 52.9 Å². The van der Waals surface area contributed by atoms with E-state index in [1.807, 2.05) is 26.8 Å². The zero-order valence-corrected chi connectivity index (χ0v) is 13.5. The molecule has 0 spiro atoms. The molecule has 0 bridgehead atoms. The third-order valence-corrected chi connectivity index (χ3v) is 3.70. The molecule has 0 radical (unpaired) electrons. The zero-order valence-electron chi connectivity index (χ0n) is 11.9. The molecule has 2 rings (SSSR count). The smallest absolute Gasteiger partial charge is 0.276 e. The molecule has 1 aliphatic rings. The summed E-state index contributed by atoms with van der Waals surface area (Å²) in [7, 11) is 0. The lowest BCUT2D eigenvalue weighted by molar-refractivity contribution is -0.0834. The lowest BCUT2D eigenvalue weighted by Crippen LogP contribution is -2.46. The van der Waals surface area contributed by atoms with E-state index in [1.165, 1.54) is 5.01 Å². The predicted molar refractivity (Wildman–Crippen MR) is 82.4 cm³/mol. The Morgan fingerprint density at radius 2 is 2.25 bits per heavy atom. The van der Waals surface area contributed by atoms with Crippen LogP contribution < -0.4 is 0 Å². The summed E-state index contributed by atoms with van der Waals surface area (Å²) in [5.74, 6) is 0.00482. The van der Waals surface area contributed by atoms with Gasteiger partial charge in [0.15, 0.2) is 5.72 Å². The first-order chi connectivity index (χ1) is 9.32. The van der Waals surface area contributed by atoms with Crippen LogP contribution in [0.15, 0.2) is 33.8 Å². The van der Waals surface area contributed by atoms with Crippen LogP contribution in [0, 0.1) is 5.92 Å². The van der Waals surface area contributed by atoms with Gasteiger partial charge in [-0.25, -0.2) is 0 Å². The van der Waals surface area contributed by atoms with Crippen LogP contribution in [-0.4, -0.2) is 27.5 Å². The Balaban J connectivity index is 2.31. The summed E-state index contributed by atoms with van der Waals surface area (Å²) in [5.41, 5.74) is 0.0778. The lowest BCUT2D eigenvalue weighted by Gasteiger charge is -2.32. The minimum absolute atomic E-state index is 0.272. The normalized spacial score (nSPS) is 22.3. The zero-order chi connectivity index (χ0) is 14.9. The van der Waals surface area contributed by atoms with Gasteiger partial charge in [-0.05, 0) is 37.5 Å². The maximum atomic E-state index is 12.6. The molecule has 1 aromatic rings. The van der Waals surface area contributed by atoms with Crippen molar-refractivity contribution < 1.29 is 9.90 Å². The standard InChI is InChI=1S/C15H19BrN2O2/c1-10(2)8-15(20)9-11(3)17-18(15)14(19)12-5-4-6-13(16)7-12/h4-7,10,20H,8-9H2,1-3H3. The highest BCUT2D eigenvalue weighted by Gasteiger charge is 2.43. The first-order valence-corrected chi connectivity index (χ1v) is 7.48. The summed E-state index contributed by atoms with van der Waals surface area (Å²) in [6.45, 7) is 5.88. The number of amides is 1. The summed E-state index contributed by atoms with van der Waals surface area (Å²) >= 11 is 3.35. The van der Waals surface area contributed by atoms with Crippen molar-refractivity contribution in [3.05, 3.63) is 34.3 Å². The van der Waals surface area contributed by atoms with Gasteiger partial charge < -0.3 is 5.11 Å². The lowest BCUT2D eigenvalue weighted by atomic mass is 9.95. The van der Waals surface area contributed by atoms with Crippen molar-refractivity contribution in [3.8, 4) is 0 Å². The van der Waals surface area contributed by atoms with Crippen LogP contribution >= 0.6 is 15.9 Å². The van der Waals surface area contributed by atoms with Gasteiger partial charge in [0, 0.05) is 22.2 Å².